The van der Waals surface area contributed by atoms with Crippen LogP contribution in [0.3, 0.4) is 0 Å². The second kappa shape index (κ2) is 8.26. The summed E-state index contributed by atoms with van der Waals surface area (Å²) in [6.07, 6.45) is 1.27. The number of aromatic nitrogens is 1. The predicted octanol–water partition coefficient (Wildman–Crippen LogP) is 4.61. The molecule has 0 bridgehead atoms. The molecule has 9 heteroatoms. The molecule has 1 fully saturated rings. The monoisotopic (exact) mass is 463 g/mol. The molecule has 1 aromatic heterocycles. The van der Waals surface area contributed by atoms with Gasteiger partial charge in [-0.3, -0.25) is 4.79 Å². The highest BCUT2D eigenvalue weighted by Gasteiger charge is 2.33. The Hall–Kier alpha value is -2.00. The van der Waals surface area contributed by atoms with Crippen LogP contribution >= 0.6 is 22.9 Å². The van der Waals surface area contributed by atoms with E-state index >= 15 is 0 Å². The van der Waals surface area contributed by atoms with Crippen LogP contribution in [0.4, 0.5) is 5.13 Å². The lowest BCUT2D eigenvalue weighted by Gasteiger charge is -2.31. The number of piperidine rings is 1. The summed E-state index contributed by atoms with van der Waals surface area (Å²) < 4.78 is 28.3. The minimum absolute atomic E-state index is 0.153. The molecule has 4 rings (SSSR count). The molecule has 2 heterocycles. The molecule has 30 heavy (non-hydrogen) atoms. The maximum Gasteiger partial charge on any atom is 0.243 e. The maximum atomic E-state index is 13.0. The summed E-state index contributed by atoms with van der Waals surface area (Å²) in [5.41, 5.74) is 3.15. The Bertz CT molecular complexity index is 1210. The summed E-state index contributed by atoms with van der Waals surface area (Å²) in [5, 5.41) is 3.92. The number of nitrogens with one attached hydrogen (secondary N) is 1. The van der Waals surface area contributed by atoms with Gasteiger partial charge in [0.1, 0.15) is 0 Å². The van der Waals surface area contributed by atoms with Crippen LogP contribution in [0, 0.1) is 19.8 Å². The fourth-order valence-corrected chi connectivity index (χ4v) is 6.20. The van der Waals surface area contributed by atoms with Crippen molar-refractivity contribution in [3.8, 4) is 0 Å². The Balaban J connectivity index is 1.50. The number of hydrogen-bond acceptors (Lipinski definition) is 5. The van der Waals surface area contributed by atoms with Crippen LogP contribution in [0.15, 0.2) is 41.3 Å². The summed E-state index contributed by atoms with van der Waals surface area (Å²) in [6.45, 7) is 4.60. The molecule has 0 radical (unpaired) electrons. The Morgan fingerprint density at radius 2 is 1.93 bits per heavy atom. The number of anilines is 1. The first kappa shape index (κ1) is 21.2. The normalized spacial score (nSPS) is 17.9. The average Bonchev–Trinajstić information content (AvgIpc) is 3.14. The minimum atomic E-state index is -3.67. The number of nitrogens with zero attached hydrogens (tertiary/aromatic N) is 2. The molecule has 0 spiro atoms. The van der Waals surface area contributed by atoms with E-state index in [-0.39, 0.29) is 17.3 Å². The fraction of sp³-hybridized carbons (Fsp3) is 0.333. The van der Waals surface area contributed by atoms with Crippen molar-refractivity contribution in [1.29, 1.82) is 0 Å². The number of sulfonamides is 1. The number of hydrogen-bond donors (Lipinski definition) is 1. The number of aryl methyl sites for hydroxylation is 2. The van der Waals surface area contributed by atoms with E-state index < -0.39 is 15.9 Å². The molecule has 0 aliphatic carbocycles. The van der Waals surface area contributed by atoms with E-state index in [9.17, 15) is 13.2 Å². The van der Waals surface area contributed by atoms with Gasteiger partial charge in [-0.25, -0.2) is 13.4 Å². The van der Waals surface area contributed by atoms with Gasteiger partial charge >= 0.3 is 0 Å². The maximum absolute atomic E-state index is 13.0. The summed E-state index contributed by atoms with van der Waals surface area (Å²) in [6, 6.07) is 10.1. The van der Waals surface area contributed by atoms with Crippen LogP contribution in [-0.2, 0) is 14.8 Å². The van der Waals surface area contributed by atoms with Crippen LogP contribution in [0.2, 0.25) is 5.02 Å². The van der Waals surface area contributed by atoms with E-state index in [4.69, 9.17) is 11.6 Å². The first-order chi connectivity index (χ1) is 14.3. The van der Waals surface area contributed by atoms with E-state index in [1.54, 1.807) is 12.1 Å². The van der Waals surface area contributed by atoms with Crippen LogP contribution < -0.4 is 5.32 Å². The third-order valence-electron chi connectivity index (χ3n) is 5.52. The van der Waals surface area contributed by atoms with Gasteiger partial charge in [-0.15, -0.1) is 0 Å². The third-order valence-corrected chi connectivity index (χ3v) is 8.59. The number of carbonyl (C=O) groups excluding carboxylic acids is 1. The first-order valence-corrected chi connectivity index (χ1v) is 12.3. The number of halogens is 1. The van der Waals surface area contributed by atoms with Crippen molar-refractivity contribution in [2.45, 2.75) is 31.6 Å². The van der Waals surface area contributed by atoms with Gasteiger partial charge in [0, 0.05) is 18.1 Å². The summed E-state index contributed by atoms with van der Waals surface area (Å²) in [7, 11) is -3.67. The minimum Gasteiger partial charge on any atom is -0.302 e. The molecular formula is C21H22ClN3O3S2. The largest absolute Gasteiger partial charge is 0.302 e. The van der Waals surface area contributed by atoms with Gasteiger partial charge in [0.15, 0.2) is 5.13 Å². The lowest BCUT2D eigenvalue weighted by Crippen LogP contribution is -2.43. The van der Waals surface area contributed by atoms with Crippen molar-refractivity contribution in [3.05, 3.63) is 52.5 Å². The SMILES string of the molecule is Cc1ccc2sc(NC(=O)C3CCCN(S(=O)(=O)c4ccc(Cl)cc4)C3)nc2c1C. The zero-order valence-corrected chi connectivity index (χ0v) is 19.1. The zero-order valence-electron chi connectivity index (χ0n) is 16.7. The molecule has 2 aromatic carbocycles. The summed E-state index contributed by atoms with van der Waals surface area (Å²) in [4.78, 5) is 17.6. The molecule has 1 aliphatic heterocycles. The van der Waals surface area contributed by atoms with Crippen molar-refractivity contribution in [2.75, 3.05) is 18.4 Å². The number of benzene rings is 2. The lowest BCUT2D eigenvalue weighted by molar-refractivity contribution is -0.120. The fourth-order valence-electron chi connectivity index (χ4n) is 3.62. The third kappa shape index (κ3) is 4.09. The van der Waals surface area contributed by atoms with Gasteiger partial charge in [-0.05, 0) is 68.1 Å². The Morgan fingerprint density at radius 3 is 2.67 bits per heavy atom. The predicted molar refractivity (Wildman–Crippen MR) is 121 cm³/mol. The average molecular weight is 464 g/mol. The Kier molecular flexibility index (Phi) is 5.85. The van der Waals surface area contributed by atoms with Crippen molar-refractivity contribution < 1.29 is 13.2 Å². The summed E-state index contributed by atoms with van der Waals surface area (Å²) in [5.74, 6) is -0.616. The Labute approximate surface area is 184 Å². The van der Waals surface area contributed by atoms with Crippen LogP contribution in [0.1, 0.15) is 24.0 Å². The number of carbonyl (C=O) groups is 1. The van der Waals surface area contributed by atoms with Crippen LogP contribution in [-0.4, -0.2) is 36.7 Å². The van der Waals surface area contributed by atoms with Crippen molar-refractivity contribution in [2.24, 2.45) is 5.92 Å². The second-order valence-electron chi connectivity index (χ2n) is 7.52. The van der Waals surface area contributed by atoms with E-state index in [0.717, 1.165) is 21.3 Å². The van der Waals surface area contributed by atoms with Gasteiger partial charge in [-0.1, -0.05) is 29.0 Å². The zero-order chi connectivity index (χ0) is 21.5. The van der Waals surface area contributed by atoms with Crippen LogP contribution in [0.25, 0.3) is 10.2 Å². The molecule has 6 nitrogen and oxygen atoms in total. The van der Waals surface area contributed by atoms with E-state index in [2.05, 4.69) is 10.3 Å². The molecule has 1 N–H and O–H groups in total. The molecule has 1 atom stereocenters. The second-order valence-corrected chi connectivity index (χ2v) is 10.9. The van der Waals surface area contributed by atoms with Crippen molar-refractivity contribution >= 4 is 54.2 Å². The standard InChI is InChI=1S/C21H22ClN3O3S2/c1-13-5-10-18-19(14(13)2)23-21(29-18)24-20(26)15-4-3-11-25(12-15)30(27,28)17-8-6-16(22)7-9-17/h5-10,15H,3-4,11-12H2,1-2H3,(H,23,24,26). The van der Waals surface area contributed by atoms with Gasteiger partial charge in [0.05, 0.1) is 21.0 Å². The molecular weight excluding hydrogens is 442 g/mol. The number of amides is 1. The van der Waals surface area contributed by atoms with E-state index in [1.165, 1.54) is 27.8 Å². The molecule has 158 valence electrons. The molecule has 1 saturated heterocycles. The van der Waals surface area contributed by atoms with E-state index in [0.29, 0.717) is 29.5 Å². The van der Waals surface area contributed by atoms with Gasteiger partial charge in [0.2, 0.25) is 15.9 Å². The van der Waals surface area contributed by atoms with Crippen molar-refractivity contribution in [1.82, 2.24) is 9.29 Å². The number of fused-ring (bicyclic) bond motifs is 1. The smallest absolute Gasteiger partial charge is 0.243 e. The molecule has 1 aliphatic rings. The first-order valence-electron chi connectivity index (χ1n) is 9.69. The quantitative estimate of drug-likeness (QED) is 0.612. The highest BCUT2D eigenvalue weighted by Crippen LogP contribution is 2.31. The van der Waals surface area contributed by atoms with Gasteiger partial charge < -0.3 is 5.32 Å². The number of rotatable bonds is 4. The highest BCUT2D eigenvalue weighted by atomic mass is 35.5. The van der Waals surface area contributed by atoms with Crippen molar-refractivity contribution in [3.63, 3.8) is 0 Å². The van der Waals surface area contributed by atoms with Gasteiger partial charge in [-0.2, -0.15) is 4.31 Å². The molecule has 0 saturated carbocycles. The topological polar surface area (TPSA) is 79.4 Å². The summed E-state index contributed by atoms with van der Waals surface area (Å²) >= 11 is 7.30. The molecule has 1 amide bonds. The van der Waals surface area contributed by atoms with Gasteiger partial charge in [0.25, 0.3) is 0 Å². The molecule has 1 unspecified atom stereocenters. The van der Waals surface area contributed by atoms with E-state index in [1.807, 2.05) is 26.0 Å². The molecule has 3 aromatic rings. The highest BCUT2D eigenvalue weighted by molar-refractivity contribution is 7.89. The Morgan fingerprint density at radius 1 is 1.20 bits per heavy atom. The lowest BCUT2D eigenvalue weighted by atomic mass is 9.99. The van der Waals surface area contributed by atoms with Crippen LogP contribution in [0.5, 0.6) is 0 Å². The number of thiazole rings is 1.